The van der Waals surface area contributed by atoms with E-state index in [1.807, 2.05) is 6.07 Å². The largest absolute Gasteiger partial charge is 0.445 e. The first kappa shape index (κ1) is 5.49. The Morgan fingerprint density at radius 1 is 1.70 bits per heavy atom. The van der Waals surface area contributed by atoms with E-state index in [0.29, 0.717) is 6.54 Å². The Morgan fingerprint density at radius 3 is 3.30 bits per heavy atom. The average molecular weight is 137 g/mol. The second-order valence-electron chi connectivity index (χ2n) is 2.03. The van der Waals surface area contributed by atoms with Crippen LogP contribution in [-0.2, 0) is 6.54 Å². The molecule has 0 aliphatic rings. The van der Waals surface area contributed by atoms with E-state index >= 15 is 0 Å². The van der Waals surface area contributed by atoms with Crippen molar-refractivity contribution in [1.82, 2.24) is 9.61 Å². The molecule has 2 aromatic heterocycles. The van der Waals surface area contributed by atoms with Crippen LogP contribution in [-0.4, -0.2) is 9.61 Å². The van der Waals surface area contributed by atoms with E-state index in [9.17, 15) is 0 Å². The van der Waals surface area contributed by atoms with Gasteiger partial charge in [-0.3, -0.25) is 0 Å². The van der Waals surface area contributed by atoms with E-state index in [4.69, 9.17) is 10.2 Å². The lowest BCUT2D eigenvalue weighted by atomic mass is 10.4. The minimum absolute atomic E-state index is 0.456. The van der Waals surface area contributed by atoms with Crippen LogP contribution < -0.4 is 5.73 Å². The molecular weight excluding hydrogens is 130 g/mol. The fourth-order valence-corrected chi connectivity index (χ4v) is 0.878. The van der Waals surface area contributed by atoms with Crippen LogP contribution in [0.2, 0.25) is 0 Å². The van der Waals surface area contributed by atoms with Crippen molar-refractivity contribution in [2.24, 2.45) is 5.73 Å². The predicted octanol–water partition coefficient (Wildman–Crippen LogP) is 0.386. The fourth-order valence-electron chi connectivity index (χ4n) is 0.878. The molecule has 52 valence electrons. The van der Waals surface area contributed by atoms with Crippen LogP contribution in [0.5, 0.6) is 0 Å². The maximum Gasteiger partial charge on any atom is 0.221 e. The van der Waals surface area contributed by atoms with Crippen molar-refractivity contribution in [2.75, 3.05) is 0 Å². The molecule has 0 radical (unpaired) electrons. The molecule has 0 aliphatic heterocycles. The van der Waals surface area contributed by atoms with Crippen molar-refractivity contribution < 1.29 is 4.42 Å². The summed E-state index contributed by atoms with van der Waals surface area (Å²) in [7, 11) is 0. The zero-order valence-corrected chi connectivity index (χ0v) is 5.32. The molecule has 0 amide bonds. The molecule has 0 saturated heterocycles. The molecule has 0 atom stereocenters. The van der Waals surface area contributed by atoms with Gasteiger partial charge in [0.25, 0.3) is 0 Å². The van der Waals surface area contributed by atoms with Crippen LogP contribution in [0.3, 0.4) is 0 Å². The van der Waals surface area contributed by atoms with Gasteiger partial charge < -0.3 is 10.2 Å². The normalized spacial score (nSPS) is 10.9. The fraction of sp³-hybridized carbons (Fsp3) is 0.167. The lowest BCUT2D eigenvalue weighted by Crippen LogP contribution is -1.96. The van der Waals surface area contributed by atoms with Gasteiger partial charge in [0.2, 0.25) is 5.71 Å². The van der Waals surface area contributed by atoms with E-state index in [-0.39, 0.29) is 0 Å². The SMILES string of the molecule is NCc1cc2occn2n1. The van der Waals surface area contributed by atoms with Crippen LogP contribution in [0.1, 0.15) is 5.69 Å². The minimum atomic E-state index is 0.456. The van der Waals surface area contributed by atoms with Gasteiger partial charge in [0.15, 0.2) is 0 Å². The highest BCUT2D eigenvalue weighted by molar-refractivity contribution is 5.34. The van der Waals surface area contributed by atoms with Crippen LogP contribution in [0, 0.1) is 0 Å². The second kappa shape index (κ2) is 1.85. The van der Waals surface area contributed by atoms with Gasteiger partial charge in [-0.05, 0) is 0 Å². The molecule has 2 rings (SSSR count). The lowest BCUT2D eigenvalue weighted by molar-refractivity contribution is 0.606. The van der Waals surface area contributed by atoms with Gasteiger partial charge >= 0.3 is 0 Å². The first-order valence-corrected chi connectivity index (χ1v) is 3.02. The molecule has 0 aliphatic carbocycles. The van der Waals surface area contributed by atoms with Crippen LogP contribution in [0.4, 0.5) is 0 Å². The minimum Gasteiger partial charge on any atom is -0.445 e. The zero-order chi connectivity index (χ0) is 6.97. The molecule has 2 N–H and O–H groups in total. The summed E-state index contributed by atoms with van der Waals surface area (Å²) in [6, 6.07) is 1.82. The third-order valence-electron chi connectivity index (χ3n) is 1.35. The molecule has 0 fully saturated rings. The first-order valence-electron chi connectivity index (χ1n) is 3.02. The number of rotatable bonds is 1. The molecule has 0 spiro atoms. The van der Waals surface area contributed by atoms with Gasteiger partial charge in [-0.1, -0.05) is 0 Å². The van der Waals surface area contributed by atoms with Gasteiger partial charge in [-0.2, -0.15) is 5.10 Å². The van der Waals surface area contributed by atoms with E-state index in [1.54, 1.807) is 17.0 Å². The molecule has 2 aromatic rings. The summed E-state index contributed by atoms with van der Waals surface area (Å²) in [6.07, 6.45) is 3.33. The Bertz CT molecular complexity index is 307. The lowest BCUT2D eigenvalue weighted by Gasteiger charge is -1.80. The maximum atomic E-state index is 5.36. The highest BCUT2D eigenvalue weighted by atomic mass is 16.3. The Labute approximate surface area is 57.2 Å². The van der Waals surface area contributed by atoms with E-state index in [1.165, 1.54) is 0 Å². The molecule has 4 nitrogen and oxygen atoms in total. The molecular formula is C6H7N3O. The summed E-state index contributed by atoms with van der Waals surface area (Å²) in [4.78, 5) is 0. The highest BCUT2D eigenvalue weighted by Crippen LogP contribution is 2.05. The van der Waals surface area contributed by atoms with E-state index in [2.05, 4.69) is 5.10 Å². The third-order valence-corrected chi connectivity index (χ3v) is 1.35. The predicted molar refractivity (Wildman–Crippen MR) is 35.3 cm³/mol. The topological polar surface area (TPSA) is 56.5 Å². The summed E-state index contributed by atoms with van der Waals surface area (Å²) in [5, 5.41) is 4.09. The zero-order valence-electron chi connectivity index (χ0n) is 5.32. The summed E-state index contributed by atoms with van der Waals surface area (Å²) in [5.41, 5.74) is 6.94. The highest BCUT2D eigenvalue weighted by Gasteiger charge is 1.99. The van der Waals surface area contributed by atoms with Gasteiger partial charge in [0, 0.05) is 12.6 Å². The summed E-state index contributed by atoms with van der Waals surface area (Å²) in [5.74, 6) is 0. The number of aromatic nitrogens is 2. The molecule has 2 heterocycles. The monoisotopic (exact) mass is 137 g/mol. The number of hydrogen-bond acceptors (Lipinski definition) is 3. The number of oxazole rings is 1. The number of hydrogen-bond donors (Lipinski definition) is 1. The summed E-state index contributed by atoms with van der Waals surface area (Å²) < 4.78 is 6.70. The van der Waals surface area contributed by atoms with E-state index < -0.39 is 0 Å². The molecule has 0 unspecified atom stereocenters. The average Bonchev–Trinajstić information content (AvgIpc) is 2.42. The van der Waals surface area contributed by atoms with E-state index in [0.717, 1.165) is 11.4 Å². The van der Waals surface area contributed by atoms with Crippen molar-refractivity contribution >= 4 is 5.71 Å². The Morgan fingerprint density at radius 2 is 2.60 bits per heavy atom. The standard InChI is InChI=1S/C6H7N3O/c7-4-5-3-6-9(8-5)1-2-10-6/h1-3H,4,7H2. The summed E-state index contributed by atoms with van der Waals surface area (Å²) in [6.45, 7) is 0.456. The molecule has 4 heteroatoms. The van der Waals surface area contributed by atoms with Crippen LogP contribution >= 0.6 is 0 Å². The van der Waals surface area contributed by atoms with Crippen LogP contribution in [0.15, 0.2) is 22.9 Å². The Kier molecular flexibility index (Phi) is 1.01. The van der Waals surface area contributed by atoms with Crippen molar-refractivity contribution in [3.05, 3.63) is 24.2 Å². The number of nitrogens with two attached hydrogens (primary N) is 1. The second-order valence-corrected chi connectivity index (χ2v) is 2.03. The van der Waals surface area contributed by atoms with Gasteiger partial charge in [0.05, 0.1) is 11.9 Å². The summed E-state index contributed by atoms with van der Waals surface area (Å²) >= 11 is 0. The van der Waals surface area contributed by atoms with Crippen molar-refractivity contribution in [1.29, 1.82) is 0 Å². The quantitative estimate of drug-likeness (QED) is 0.618. The Balaban J connectivity index is 2.67. The smallest absolute Gasteiger partial charge is 0.221 e. The molecule has 10 heavy (non-hydrogen) atoms. The van der Waals surface area contributed by atoms with Crippen molar-refractivity contribution in [3.8, 4) is 0 Å². The van der Waals surface area contributed by atoms with Crippen LogP contribution in [0.25, 0.3) is 5.71 Å². The maximum absolute atomic E-state index is 5.36. The molecule has 0 saturated carbocycles. The number of fused-ring (bicyclic) bond motifs is 1. The number of nitrogens with zero attached hydrogens (tertiary/aromatic N) is 2. The van der Waals surface area contributed by atoms with Gasteiger partial charge in [0.1, 0.15) is 6.26 Å². The Hall–Kier alpha value is -1.29. The molecule has 0 aromatic carbocycles. The van der Waals surface area contributed by atoms with Crippen molar-refractivity contribution in [3.63, 3.8) is 0 Å². The molecule has 0 bridgehead atoms. The third kappa shape index (κ3) is 0.625. The van der Waals surface area contributed by atoms with Crippen molar-refractivity contribution in [2.45, 2.75) is 6.54 Å². The first-order chi connectivity index (χ1) is 4.90. The van der Waals surface area contributed by atoms with Gasteiger partial charge in [-0.25, -0.2) is 4.52 Å². The van der Waals surface area contributed by atoms with Gasteiger partial charge in [-0.15, -0.1) is 0 Å².